The number of aromatic nitrogens is 2. The molecule has 3 amide bonds. The lowest BCUT2D eigenvalue weighted by Crippen LogP contribution is -2.55. The lowest BCUT2D eigenvalue weighted by Gasteiger charge is -2.36. The third-order valence-electron chi connectivity index (χ3n) is 10.6. The van der Waals surface area contributed by atoms with Crippen LogP contribution in [0.1, 0.15) is 78.0 Å². The van der Waals surface area contributed by atoms with Crippen LogP contribution in [-0.2, 0) is 46.6 Å². The molecule has 1 fully saturated rings. The van der Waals surface area contributed by atoms with E-state index in [1.165, 1.54) is 16.7 Å². The van der Waals surface area contributed by atoms with Gasteiger partial charge in [-0.2, -0.15) is 5.10 Å². The van der Waals surface area contributed by atoms with Crippen LogP contribution >= 0.6 is 0 Å². The second-order valence-electron chi connectivity index (χ2n) is 14.7. The zero-order valence-corrected chi connectivity index (χ0v) is 31.2. The number of aryl methyl sites for hydroxylation is 1. The van der Waals surface area contributed by atoms with Gasteiger partial charge in [0.15, 0.2) is 5.78 Å². The van der Waals surface area contributed by atoms with Crippen molar-refractivity contribution >= 4 is 23.5 Å². The standard InChI is InChI=1S/C43H52N6O4/c1-4-40(51)45-37(43(53)48-24-22-47(23-25-48)29-33-10-6-5-7-11-33)26-32-16-14-31(15-17-32)18-19-39(50)41(36-27-34-12-8-9-13-35(34)28-36)46-42(52)38-20-21-44-49(38)30(2)3/h5-17,20-21,30,36-37,41H,4,18-19,22-29H2,1-3H3,(H,45,51)(H,46,52)/t37-,41+/m1/s1. The molecule has 10 heteroatoms. The Labute approximate surface area is 312 Å². The molecule has 1 aliphatic carbocycles. The molecule has 10 nitrogen and oxygen atoms in total. The van der Waals surface area contributed by atoms with Crippen molar-refractivity contribution in [2.45, 2.75) is 84.0 Å². The van der Waals surface area contributed by atoms with Crippen LogP contribution in [0, 0.1) is 5.92 Å². The molecule has 278 valence electrons. The number of hydrogen-bond donors (Lipinski definition) is 2. The van der Waals surface area contributed by atoms with Crippen molar-refractivity contribution in [1.29, 1.82) is 0 Å². The molecule has 0 saturated carbocycles. The van der Waals surface area contributed by atoms with Crippen LogP contribution in [0.3, 0.4) is 0 Å². The molecule has 0 unspecified atom stereocenters. The van der Waals surface area contributed by atoms with E-state index in [0.717, 1.165) is 43.6 Å². The number of benzene rings is 3. The maximum absolute atomic E-state index is 13.9. The molecule has 1 saturated heterocycles. The zero-order valence-electron chi connectivity index (χ0n) is 31.2. The number of ketones is 1. The molecular weight excluding hydrogens is 665 g/mol. The molecule has 1 aromatic heterocycles. The molecule has 2 heterocycles. The van der Waals surface area contributed by atoms with E-state index in [1.807, 2.05) is 73.3 Å². The number of fused-ring (bicyclic) bond motifs is 1. The van der Waals surface area contributed by atoms with Crippen molar-refractivity contribution in [3.05, 3.63) is 125 Å². The Bertz CT molecular complexity index is 1840. The van der Waals surface area contributed by atoms with Crippen LogP contribution in [0.5, 0.6) is 0 Å². The second-order valence-corrected chi connectivity index (χ2v) is 14.7. The van der Waals surface area contributed by atoms with Gasteiger partial charge in [-0.15, -0.1) is 0 Å². The Hall–Kier alpha value is -5.09. The first kappa shape index (κ1) is 37.7. The summed E-state index contributed by atoms with van der Waals surface area (Å²) in [6.45, 7) is 9.38. The summed E-state index contributed by atoms with van der Waals surface area (Å²) in [6.07, 6.45) is 4.59. The predicted octanol–water partition coefficient (Wildman–Crippen LogP) is 4.96. The Kier molecular flexibility index (Phi) is 12.5. The molecule has 4 aromatic rings. The van der Waals surface area contributed by atoms with E-state index >= 15 is 0 Å². The maximum Gasteiger partial charge on any atom is 0.270 e. The topological polar surface area (TPSA) is 117 Å². The number of amides is 3. The van der Waals surface area contributed by atoms with E-state index in [2.05, 4.69) is 44.9 Å². The minimum atomic E-state index is -0.651. The molecule has 3 aromatic carbocycles. The number of nitrogens with one attached hydrogen (secondary N) is 2. The average molecular weight is 717 g/mol. The number of piperazine rings is 1. The number of hydrogen-bond acceptors (Lipinski definition) is 6. The minimum absolute atomic E-state index is 0.00708. The highest BCUT2D eigenvalue weighted by molar-refractivity contribution is 5.97. The number of nitrogens with zero attached hydrogens (tertiary/aromatic N) is 4. The van der Waals surface area contributed by atoms with Gasteiger partial charge < -0.3 is 15.5 Å². The number of rotatable bonds is 15. The number of carbonyl (C=O) groups is 4. The van der Waals surface area contributed by atoms with Crippen molar-refractivity contribution in [2.24, 2.45) is 5.92 Å². The molecule has 0 spiro atoms. The molecule has 2 atom stereocenters. The van der Waals surface area contributed by atoms with Gasteiger partial charge >= 0.3 is 0 Å². The van der Waals surface area contributed by atoms with Crippen LogP contribution in [0.4, 0.5) is 0 Å². The van der Waals surface area contributed by atoms with Gasteiger partial charge in [0, 0.05) is 64.2 Å². The largest absolute Gasteiger partial charge is 0.344 e. The highest BCUT2D eigenvalue weighted by atomic mass is 16.2. The fraction of sp³-hybridized carbons (Fsp3) is 0.419. The Balaban J connectivity index is 1.07. The molecule has 2 aliphatic rings. The predicted molar refractivity (Wildman–Crippen MR) is 205 cm³/mol. The third kappa shape index (κ3) is 9.67. The molecule has 6 rings (SSSR count). The molecule has 0 bridgehead atoms. The number of carbonyl (C=O) groups excluding carboxylic acids is 4. The summed E-state index contributed by atoms with van der Waals surface area (Å²) < 4.78 is 1.68. The van der Waals surface area contributed by atoms with Crippen molar-refractivity contribution in [3.8, 4) is 0 Å². The molecular formula is C43H52N6O4. The van der Waals surface area contributed by atoms with Gasteiger partial charge in [-0.1, -0.05) is 85.8 Å². The third-order valence-corrected chi connectivity index (χ3v) is 10.6. The van der Waals surface area contributed by atoms with Gasteiger partial charge in [-0.05, 0) is 72.9 Å². The smallest absolute Gasteiger partial charge is 0.270 e. The van der Waals surface area contributed by atoms with Crippen LogP contribution in [0.25, 0.3) is 0 Å². The van der Waals surface area contributed by atoms with Crippen molar-refractivity contribution < 1.29 is 19.2 Å². The summed E-state index contributed by atoms with van der Waals surface area (Å²) in [5.41, 5.74) is 6.09. The van der Waals surface area contributed by atoms with Crippen molar-refractivity contribution in [3.63, 3.8) is 0 Å². The van der Waals surface area contributed by atoms with Crippen molar-refractivity contribution in [2.75, 3.05) is 26.2 Å². The normalized spacial score (nSPS) is 15.9. The van der Waals surface area contributed by atoms with Crippen LogP contribution in [0.15, 0.2) is 91.1 Å². The Morgan fingerprint density at radius 2 is 1.42 bits per heavy atom. The van der Waals surface area contributed by atoms with E-state index in [0.29, 0.717) is 38.0 Å². The van der Waals surface area contributed by atoms with E-state index in [4.69, 9.17) is 0 Å². The lowest BCUT2D eigenvalue weighted by atomic mass is 9.90. The summed E-state index contributed by atoms with van der Waals surface area (Å²) in [5.74, 6) is -0.515. The first-order chi connectivity index (χ1) is 25.7. The van der Waals surface area contributed by atoms with E-state index in [1.54, 1.807) is 23.9 Å². The van der Waals surface area contributed by atoms with Gasteiger partial charge in [0.1, 0.15) is 11.7 Å². The Morgan fingerprint density at radius 1 is 0.774 bits per heavy atom. The van der Waals surface area contributed by atoms with E-state index < -0.39 is 12.1 Å². The SMILES string of the molecule is CCC(=O)N[C@H](Cc1ccc(CCC(=O)[C@@H](NC(=O)c2ccnn2C(C)C)C2Cc3ccccc3C2)cc1)C(=O)N1CCN(Cc2ccccc2)CC1. The first-order valence-electron chi connectivity index (χ1n) is 19.0. The molecule has 0 radical (unpaired) electrons. The van der Waals surface area contributed by atoms with E-state index in [9.17, 15) is 19.2 Å². The zero-order chi connectivity index (χ0) is 37.3. The lowest BCUT2D eigenvalue weighted by molar-refractivity contribution is -0.138. The van der Waals surface area contributed by atoms with Gasteiger partial charge in [0.2, 0.25) is 11.8 Å². The van der Waals surface area contributed by atoms with Gasteiger partial charge in [-0.25, -0.2) is 0 Å². The molecule has 53 heavy (non-hydrogen) atoms. The summed E-state index contributed by atoms with van der Waals surface area (Å²) in [5, 5.41) is 10.4. The average Bonchev–Trinajstić information content (AvgIpc) is 3.85. The fourth-order valence-electron chi connectivity index (χ4n) is 7.60. The maximum atomic E-state index is 13.9. The highest BCUT2D eigenvalue weighted by Gasteiger charge is 2.35. The summed E-state index contributed by atoms with van der Waals surface area (Å²) in [7, 11) is 0. The Morgan fingerprint density at radius 3 is 2.06 bits per heavy atom. The van der Waals surface area contributed by atoms with Crippen molar-refractivity contribution in [1.82, 2.24) is 30.2 Å². The summed E-state index contributed by atoms with van der Waals surface area (Å²) >= 11 is 0. The quantitative estimate of drug-likeness (QED) is 0.180. The highest BCUT2D eigenvalue weighted by Crippen LogP contribution is 2.30. The van der Waals surface area contributed by atoms with Crippen LogP contribution in [0.2, 0.25) is 0 Å². The second kappa shape index (κ2) is 17.6. The van der Waals surface area contributed by atoms with Gasteiger partial charge in [0.25, 0.3) is 5.91 Å². The van der Waals surface area contributed by atoms with E-state index in [-0.39, 0.29) is 41.9 Å². The van der Waals surface area contributed by atoms with Gasteiger partial charge in [0.05, 0.1) is 6.04 Å². The first-order valence-corrected chi connectivity index (χ1v) is 19.0. The number of Topliss-reactive ketones (excluding diaryl/α,β-unsaturated/α-hetero) is 1. The molecule has 1 aliphatic heterocycles. The molecule has 2 N–H and O–H groups in total. The summed E-state index contributed by atoms with van der Waals surface area (Å²) in [4.78, 5) is 57.9. The van der Waals surface area contributed by atoms with Crippen LogP contribution in [-0.4, -0.2) is 81.3 Å². The summed E-state index contributed by atoms with van der Waals surface area (Å²) in [6, 6.07) is 27.0. The minimum Gasteiger partial charge on any atom is -0.344 e. The monoisotopic (exact) mass is 716 g/mol. The van der Waals surface area contributed by atoms with Gasteiger partial charge in [-0.3, -0.25) is 28.8 Å². The fourth-order valence-corrected chi connectivity index (χ4v) is 7.60. The van der Waals surface area contributed by atoms with Crippen LogP contribution < -0.4 is 10.6 Å².